The Labute approximate surface area is 141 Å². The lowest BCUT2D eigenvalue weighted by molar-refractivity contribution is 0.102. The van der Waals surface area contributed by atoms with Gasteiger partial charge in [0.25, 0.3) is 5.91 Å². The molecule has 2 N–H and O–H groups in total. The Morgan fingerprint density at radius 2 is 1.58 bits per heavy atom. The fourth-order valence-electron chi connectivity index (χ4n) is 2.15. The molecule has 0 aliphatic heterocycles. The van der Waals surface area contributed by atoms with E-state index in [-0.39, 0.29) is 5.91 Å². The van der Waals surface area contributed by atoms with E-state index >= 15 is 0 Å². The fraction of sp³-hybridized carbons (Fsp3) is 0.278. The summed E-state index contributed by atoms with van der Waals surface area (Å²) in [6.07, 6.45) is 0. The molecule has 0 bridgehead atoms. The Balaban J connectivity index is 2.01. The highest BCUT2D eigenvalue weighted by molar-refractivity contribution is 6.04. The van der Waals surface area contributed by atoms with E-state index in [1.807, 2.05) is 24.3 Å². The number of benzene rings is 2. The average molecular weight is 330 g/mol. The van der Waals surface area contributed by atoms with Gasteiger partial charge in [-0.25, -0.2) is 0 Å². The molecule has 0 unspecified atom stereocenters. The Morgan fingerprint density at radius 3 is 2.21 bits per heavy atom. The Bertz CT molecular complexity index is 671. The Morgan fingerprint density at radius 1 is 0.917 bits per heavy atom. The molecule has 2 aromatic carbocycles. The van der Waals surface area contributed by atoms with Crippen LogP contribution in [0.4, 0.5) is 11.4 Å². The Hall–Kier alpha value is -2.73. The fourth-order valence-corrected chi connectivity index (χ4v) is 2.15. The lowest BCUT2D eigenvalue weighted by atomic mass is 10.1. The number of ether oxygens (including phenoxy) is 3. The molecule has 0 atom stereocenters. The quantitative estimate of drug-likeness (QED) is 0.728. The van der Waals surface area contributed by atoms with E-state index < -0.39 is 0 Å². The van der Waals surface area contributed by atoms with E-state index in [1.165, 1.54) is 7.11 Å². The van der Waals surface area contributed by atoms with Crippen molar-refractivity contribution in [1.82, 2.24) is 0 Å². The first-order valence-electron chi connectivity index (χ1n) is 7.54. The maximum Gasteiger partial charge on any atom is 0.255 e. The zero-order valence-electron chi connectivity index (χ0n) is 14.1. The molecule has 24 heavy (non-hydrogen) atoms. The van der Waals surface area contributed by atoms with E-state index in [4.69, 9.17) is 14.2 Å². The first kappa shape index (κ1) is 17.6. The number of carbonyl (C=O) groups is 1. The van der Waals surface area contributed by atoms with Crippen LogP contribution < -0.4 is 20.1 Å². The standard InChI is InChI=1S/C18H22N2O4/c1-22-11-10-19-14-5-7-15(8-6-14)20-18(21)13-4-9-16(23-2)17(12-13)24-3/h4-9,12,19H,10-11H2,1-3H3,(H,20,21). The van der Waals surface area contributed by atoms with E-state index in [0.717, 1.165) is 12.2 Å². The first-order valence-corrected chi connectivity index (χ1v) is 7.54. The van der Waals surface area contributed by atoms with Gasteiger partial charge in [0.15, 0.2) is 11.5 Å². The second-order valence-electron chi connectivity index (χ2n) is 5.02. The van der Waals surface area contributed by atoms with Crippen LogP contribution in [-0.4, -0.2) is 40.4 Å². The highest BCUT2D eigenvalue weighted by Gasteiger charge is 2.11. The van der Waals surface area contributed by atoms with Crippen molar-refractivity contribution in [2.24, 2.45) is 0 Å². The van der Waals surface area contributed by atoms with Gasteiger partial charge < -0.3 is 24.8 Å². The van der Waals surface area contributed by atoms with Crippen LogP contribution in [0, 0.1) is 0 Å². The van der Waals surface area contributed by atoms with Gasteiger partial charge in [-0.05, 0) is 42.5 Å². The minimum absolute atomic E-state index is 0.212. The molecule has 0 saturated carbocycles. The van der Waals surface area contributed by atoms with Crippen molar-refractivity contribution in [3.05, 3.63) is 48.0 Å². The van der Waals surface area contributed by atoms with Crippen molar-refractivity contribution < 1.29 is 19.0 Å². The lowest BCUT2D eigenvalue weighted by Gasteiger charge is -2.11. The van der Waals surface area contributed by atoms with Gasteiger partial charge in [0, 0.05) is 30.6 Å². The van der Waals surface area contributed by atoms with Gasteiger partial charge in [0.2, 0.25) is 0 Å². The molecule has 1 amide bonds. The van der Waals surface area contributed by atoms with Crippen LogP contribution in [0.25, 0.3) is 0 Å². The molecule has 0 aliphatic carbocycles. The van der Waals surface area contributed by atoms with Crippen molar-refractivity contribution in [3.63, 3.8) is 0 Å². The number of rotatable bonds is 8. The minimum Gasteiger partial charge on any atom is -0.493 e. The molecule has 0 spiro atoms. The normalized spacial score (nSPS) is 10.1. The molecule has 0 heterocycles. The number of hydrogen-bond donors (Lipinski definition) is 2. The number of hydrogen-bond acceptors (Lipinski definition) is 5. The summed E-state index contributed by atoms with van der Waals surface area (Å²) in [6, 6.07) is 12.5. The summed E-state index contributed by atoms with van der Waals surface area (Å²) in [5, 5.41) is 6.07. The molecule has 6 nitrogen and oxygen atoms in total. The SMILES string of the molecule is COCCNc1ccc(NC(=O)c2ccc(OC)c(OC)c2)cc1. The summed E-state index contributed by atoms with van der Waals surface area (Å²) in [7, 11) is 4.75. The van der Waals surface area contributed by atoms with Gasteiger partial charge in [-0.3, -0.25) is 4.79 Å². The molecule has 0 fully saturated rings. The van der Waals surface area contributed by atoms with E-state index in [2.05, 4.69) is 10.6 Å². The molecule has 128 valence electrons. The van der Waals surface area contributed by atoms with Crippen molar-refractivity contribution in [2.45, 2.75) is 0 Å². The summed E-state index contributed by atoms with van der Waals surface area (Å²) in [5.74, 6) is 0.888. The van der Waals surface area contributed by atoms with E-state index in [9.17, 15) is 4.79 Å². The van der Waals surface area contributed by atoms with Crippen LogP contribution >= 0.6 is 0 Å². The third-order valence-corrected chi connectivity index (χ3v) is 3.42. The van der Waals surface area contributed by atoms with Crippen molar-refractivity contribution in [1.29, 1.82) is 0 Å². The van der Waals surface area contributed by atoms with E-state index in [1.54, 1.807) is 32.4 Å². The molecule has 2 rings (SSSR count). The zero-order valence-corrected chi connectivity index (χ0v) is 14.1. The topological polar surface area (TPSA) is 68.8 Å². The molecule has 0 saturated heterocycles. The van der Waals surface area contributed by atoms with Crippen LogP contribution in [0.15, 0.2) is 42.5 Å². The Kier molecular flexibility index (Phi) is 6.45. The average Bonchev–Trinajstić information content (AvgIpc) is 2.62. The maximum absolute atomic E-state index is 12.3. The van der Waals surface area contributed by atoms with Gasteiger partial charge in [0.1, 0.15) is 0 Å². The largest absolute Gasteiger partial charge is 0.493 e. The highest BCUT2D eigenvalue weighted by atomic mass is 16.5. The number of nitrogens with one attached hydrogen (secondary N) is 2. The number of amides is 1. The molecule has 6 heteroatoms. The predicted octanol–water partition coefficient (Wildman–Crippen LogP) is 3.01. The zero-order chi connectivity index (χ0) is 17.4. The molecular formula is C18H22N2O4. The van der Waals surface area contributed by atoms with Gasteiger partial charge in [-0.15, -0.1) is 0 Å². The second-order valence-corrected chi connectivity index (χ2v) is 5.02. The van der Waals surface area contributed by atoms with Gasteiger partial charge in [-0.2, -0.15) is 0 Å². The van der Waals surface area contributed by atoms with Crippen molar-refractivity contribution in [3.8, 4) is 11.5 Å². The van der Waals surface area contributed by atoms with Gasteiger partial charge >= 0.3 is 0 Å². The predicted molar refractivity (Wildman–Crippen MR) is 94.3 cm³/mol. The number of anilines is 2. The van der Waals surface area contributed by atoms with Crippen LogP contribution in [0.2, 0.25) is 0 Å². The molecular weight excluding hydrogens is 308 g/mol. The summed E-state index contributed by atoms with van der Waals surface area (Å²) in [4.78, 5) is 12.3. The van der Waals surface area contributed by atoms with Crippen molar-refractivity contribution >= 4 is 17.3 Å². The summed E-state index contributed by atoms with van der Waals surface area (Å²) in [6.45, 7) is 1.37. The lowest BCUT2D eigenvalue weighted by Crippen LogP contribution is -2.12. The first-order chi connectivity index (χ1) is 11.7. The third-order valence-electron chi connectivity index (χ3n) is 3.42. The van der Waals surface area contributed by atoms with Crippen LogP contribution in [0.1, 0.15) is 10.4 Å². The minimum atomic E-state index is -0.212. The highest BCUT2D eigenvalue weighted by Crippen LogP contribution is 2.27. The third kappa shape index (κ3) is 4.63. The molecule has 0 aromatic heterocycles. The van der Waals surface area contributed by atoms with Gasteiger partial charge in [-0.1, -0.05) is 0 Å². The van der Waals surface area contributed by atoms with Crippen LogP contribution in [-0.2, 0) is 4.74 Å². The maximum atomic E-state index is 12.3. The number of methoxy groups -OCH3 is 3. The summed E-state index contributed by atoms with van der Waals surface area (Å²) >= 11 is 0. The second kappa shape index (κ2) is 8.79. The summed E-state index contributed by atoms with van der Waals surface area (Å²) in [5.41, 5.74) is 2.18. The molecule has 2 aromatic rings. The van der Waals surface area contributed by atoms with Gasteiger partial charge in [0.05, 0.1) is 20.8 Å². The number of carbonyl (C=O) groups excluding carboxylic acids is 1. The van der Waals surface area contributed by atoms with Crippen LogP contribution in [0.3, 0.4) is 0 Å². The smallest absolute Gasteiger partial charge is 0.255 e. The van der Waals surface area contributed by atoms with E-state index in [0.29, 0.717) is 29.4 Å². The molecule has 0 radical (unpaired) electrons. The summed E-state index contributed by atoms with van der Waals surface area (Å²) < 4.78 is 15.4. The molecule has 0 aliphatic rings. The monoisotopic (exact) mass is 330 g/mol. The van der Waals surface area contributed by atoms with Crippen molar-refractivity contribution in [2.75, 3.05) is 45.1 Å². The van der Waals surface area contributed by atoms with Crippen LogP contribution in [0.5, 0.6) is 11.5 Å².